The number of aryl methyl sites for hydroxylation is 1. The van der Waals surface area contributed by atoms with Gasteiger partial charge < -0.3 is 11.5 Å². The zero-order valence-electron chi connectivity index (χ0n) is 11.0. The van der Waals surface area contributed by atoms with Crippen molar-refractivity contribution in [2.24, 2.45) is 5.73 Å². The summed E-state index contributed by atoms with van der Waals surface area (Å²) in [6, 6.07) is 5.79. The standard InChI is InChI=1S/C14H18N4O/c1-2-3-4-6-9-7-5-8-10-11(15)13(14(16)19)18-17-12(9)10/h5,7-8H,2-4,6H2,1H3,(H2,15,17)(H2,16,19). The number of primary amides is 1. The van der Waals surface area contributed by atoms with E-state index in [0.29, 0.717) is 5.69 Å². The van der Waals surface area contributed by atoms with Crippen LogP contribution < -0.4 is 11.5 Å². The zero-order chi connectivity index (χ0) is 13.8. The third-order valence-electron chi connectivity index (χ3n) is 3.20. The number of hydrogen-bond acceptors (Lipinski definition) is 4. The first kappa shape index (κ1) is 13.3. The molecule has 19 heavy (non-hydrogen) atoms. The van der Waals surface area contributed by atoms with Crippen molar-refractivity contribution in [2.45, 2.75) is 32.6 Å². The number of benzene rings is 1. The number of hydrogen-bond donors (Lipinski definition) is 2. The van der Waals surface area contributed by atoms with Gasteiger partial charge in [0.2, 0.25) is 0 Å². The van der Waals surface area contributed by atoms with Gasteiger partial charge in [-0.2, -0.15) is 0 Å². The van der Waals surface area contributed by atoms with Crippen molar-refractivity contribution in [3.63, 3.8) is 0 Å². The molecule has 100 valence electrons. The highest BCUT2D eigenvalue weighted by Crippen LogP contribution is 2.24. The number of fused-ring (bicyclic) bond motifs is 1. The van der Waals surface area contributed by atoms with Gasteiger partial charge in [0.1, 0.15) is 0 Å². The molecule has 4 N–H and O–H groups in total. The van der Waals surface area contributed by atoms with E-state index in [4.69, 9.17) is 11.5 Å². The summed E-state index contributed by atoms with van der Waals surface area (Å²) in [6.45, 7) is 2.17. The normalized spacial score (nSPS) is 10.8. The molecule has 0 saturated carbocycles. The van der Waals surface area contributed by atoms with E-state index >= 15 is 0 Å². The zero-order valence-corrected chi connectivity index (χ0v) is 11.0. The maximum Gasteiger partial charge on any atom is 0.271 e. The number of rotatable bonds is 5. The van der Waals surface area contributed by atoms with Crippen LogP contribution >= 0.6 is 0 Å². The molecule has 1 aromatic carbocycles. The van der Waals surface area contributed by atoms with E-state index in [1.54, 1.807) is 0 Å². The predicted molar refractivity (Wildman–Crippen MR) is 75.7 cm³/mol. The number of nitrogen functional groups attached to an aromatic ring is 1. The van der Waals surface area contributed by atoms with Crippen LogP contribution in [0.4, 0.5) is 5.69 Å². The molecule has 0 saturated heterocycles. The highest BCUT2D eigenvalue weighted by atomic mass is 16.1. The van der Waals surface area contributed by atoms with Gasteiger partial charge in [-0.25, -0.2) is 0 Å². The van der Waals surface area contributed by atoms with Crippen molar-refractivity contribution in [3.8, 4) is 0 Å². The predicted octanol–water partition coefficient (Wildman–Crippen LogP) is 2.04. The number of nitrogens with two attached hydrogens (primary N) is 2. The topological polar surface area (TPSA) is 94.9 Å². The van der Waals surface area contributed by atoms with Gasteiger partial charge >= 0.3 is 0 Å². The quantitative estimate of drug-likeness (QED) is 0.802. The van der Waals surface area contributed by atoms with Gasteiger partial charge in [-0.1, -0.05) is 38.0 Å². The average Bonchev–Trinajstić information content (AvgIpc) is 2.39. The van der Waals surface area contributed by atoms with Crippen LogP contribution in [-0.4, -0.2) is 16.1 Å². The summed E-state index contributed by atoms with van der Waals surface area (Å²) in [5.74, 6) is -0.650. The lowest BCUT2D eigenvalue weighted by Gasteiger charge is -2.08. The average molecular weight is 258 g/mol. The number of carbonyl (C=O) groups excluding carboxylic acids is 1. The third-order valence-corrected chi connectivity index (χ3v) is 3.20. The summed E-state index contributed by atoms with van der Waals surface area (Å²) in [5.41, 5.74) is 13.4. The molecular formula is C14H18N4O. The highest BCUT2D eigenvalue weighted by molar-refractivity contribution is 6.04. The van der Waals surface area contributed by atoms with E-state index in [0.717, 1.165) is 29.3 Å². The fourth-order valence-electron chi connectivity index (χ4n) is 2.16. The van der Waals surface area contributed by atoms with Crippen molar-refractivity contribution in [1.82, 2.24) is 10.2 Å². The molecule has 5 heteroatoms. The number of aromatic nitrogens is 2. The van der Waals surface area contributed by atoms with Crippen LogP contribution in [0.2, 0.25) is 0 Å². The summed E-state index contributed by atoms with van der Waals surface area (Å²) in [4.78, 5) is 11.2. The molecule has 0 radical (unpaired) electrons. The number of anilines is 1. The molecule has 0 aliphatic carbocycles. The molecule has 1 amide bonds. The molecule has 2 rings (SSSR count). The molecule has 1 aromatic heterocycles. The molecular weight excluding hydrogens is 240 g/mol. The largest absolute Gasteiger partial charge is 0.396 e. The number of carbonyl (C=O) groups is 1. The Bertz CT molecular complexity index is 610. The summed E-state index contributed by atoms with van der Waals surface area (Å²) in [6.07, 6.45) is 4.40. The molecule has 2 aromatic rings. The Morgan fingerprint density at radius 1 is 1.26 bits per heavy atom. The van der Waals surface area contributed by atoms with E-state index in [1.165, 1.54) is 12.8 Å². The molecule has 0 spiro atoms. The van der Waals surface area contributed by atoms with Gasteiger partial charge in [0.05, 0.1) is 11.2 Å². The summed E-state index contributed by atoms with van der Waals surface area (Å²) < 4.78 is 0. The van der Waals surface area contributed by atoms with Crippen molar-refractivity contribution >= 4 is 22.5 Å². The fraction of sp³-hybridized carbons (Fsp3) is 0.357. The van der Waals surface area contributed by atoms with Gasteiger partial charge in [-0.15, -0.1) is 10.2 Å². The Morgan fingerprint density at radius 3 is 2.74 bits per heavy atom. The summed E-state index contributed by atoms with van der Waals surface area (Å²) in [7, 11) is 0. The molecule has 1 heterocycles. The maximum atomic E-state index is 11.2. The SMILES string of the molecule is CCCCCc1cccc2c(N)c(C(N)=O)nnc12. The Hall–Kier alpha value is -2.17. The van der Waals surface area contributed by atoms with Crippen molar-refractivity contribution in [2.75, 3.05) is 5.73 Å². The molecule has 0 atom stereocenters. The Labute approximate surface area is 112 Å². The first-order chi connectivity index (χ1) is 9.15. The third kappa shape index (κ3) is 2.65. The van der Waals surface area contributed by atoms with Gasteiger partial charge in [0.15, 0.2) is 5.69 Å². The lowest BCUT2D eigenvalue weighted by Crippen LogP contribution is -2.17. The van der Waals surface area contributed by atoms with Crippen LogP contribution in [0.15, 0.2) is 18.2 Å². The molecule has 0 aliphatic heterocycles. The lowest BCUT2D eigenvalue weighted by molar-refractivity contribution is 0.0996. The van der Waals surface area contributed by atoms with Crippen LogP contribution in [0.3, 0.4) is 0 Å². The Kier molecular flexibility index (Phi) is 3.94. The first-order valence-corrected chi connectivity index (χ1v) is 6.48. The van der Waals surface area contributed by atoms with E-state index in [2.05, 4.69) is 17.1 Å². The Morgan fingerprint density at radius 2 is 2.05 bits per heavy atom. The molecule has 0 fully saturated rings. The van der Waals surface area contributed by atoms with E-state index in [1.807, 2.05) is 18.2 Å². The molecule has 0 bridgehead atoms. The van der Waals surface area contributed by atoms with Gasteiger partial charge in [-0.05, 0) is 18.4 Å². The smallest absolute Gasteiger partial charge is 0.271 e. The lowest BCUT2D eigenvalue weighted by atomic mass is 10.0. The van der Waals surface area contributed by atoms with Crippen molar-refractivity contribution < 1.29 is 4.79 Å². The second-order valence-electron chi connectivity index (χ2n) is 4.60. The summed E-state index contributed by atoms with van der Waals surface area (Å²) in [5, 5.41) is 8.70. The minimum atomic E-state index is -0.650. The van der Waals surface area contributed by atoms with Crippen molar-refractivity contribution in [1.29, 1.82) is 0 Å². The summed E-state index contributed by atoms with van der Waals surface area (Å²) >= 11 is 0. The number of amides is 1. The first-order valence-electron chi connectivity index (χ1n) is 6.48. The van der Waals surface area contributed by atoms with Crippen LogP contribution in [0.5, 0.6) is 0 Å². The maximum absolute atomic E-state index is 11.2. The second-order valence-corrected chi connectivity index (χ2v) is 4.60. The molecule has 0 unspecified atom stereocenters. The van der Waals surface area contributed by atoms with Crippen LogP contribution in [-0.2, 0) is 6.42 Å². The van der Waals surface area contributed by atoms with E-state index in [-0.39, 0.29) is 5.69 Å². The minimum absolute atomic E-state index is 0.0400. The Balaban J connectivity index is 2.46. The molecule has 0 aliphatic rings. The van der Waals surface area contributed by atoms with Gasteiger partial charge in [0.25, 0.3) is 5.91 Å². The van der Waals surface area contributed by atoms with Gasteiger partial charge in [-0.3, -0.25) is 4.79 Å². The van der Waals surface area contributed by atoms with Crippen LogP contribution in [0.1, 0.15) is 42.2 Å². The van der Waals surface area contributed by atoms with Crippen molar-refractivity contribution in [3.05, 3.63) is 29.5 Å². The fourth-order valence-corrected chi connectivity index (χ4v) is 2.16. The van der Waals surface area contributed by atoms with Crippen LogP contribution in [0, 0.1) is 0 Å². The highest BCUT2D eigenvalue weighted by Gasteiger charge is 2.13. The van der Waals surface area contributed by atoms with E-state index in [9.17, 15) is 4.79 Å². The monoisotopic (exact) mass is 258 g/mol. The number of unbranched alkanes of at least 4 members (excludes halogenated alkanes) is 2. The van der Waals surface area contributed by atoms with E-state index < -0.39 is 5.91 Å². The number of nitrogens with zero attached hydrogens (tertiary/aromatic N) is 2. The minimum Gasteiger partial charge on any atom is -0.396 e. The second kappa shape index (κ2) is 5.65. The van der Waals surface area contributed by atoms with Gasteiger partial charge in [0, 0.05) is 5.39 Å². The van der Waals surface area contributed by atoms with Crippen LogP contribution in [0.25, 0.3) is 10.9 Å². The molecule has 5 nitrogen and oxygen atoms in total.